The van der Waals surface area contributed by atoms with Gasteiger partial charge >= 0.3 is 0 Å². The highest BCUT2D eigenvalue weighted by Gasteiger charge is 2.19. The highest BCUT2D eigenvalue weighted by Crippen LogP contribution is 2.23. The second-order valence-corrected chi connectivity index (χ2v) is 6.35. The molecule has 1 aromatic rings. The van der Waals surface area contributed by atoms with Crippen LogP contribution in [-0.4, -0.2) is 17.5 Å². The summed E-state index contributed by atoms with van der Waals surface area (Å²) in [5.41, 5.74) is 2.71. The maximum absolute atomic E-state index is 4.13. The van der Waals surface area contributed by atoms with Crippen LogP contribution in [-0.2, 0) is 6.54 Å². The predicted molar refractivity (Wildman–Crippen MR) is 87.8 cm³/mol. The molecule has 2 rings (SSSR count). The van der Waals surface area contributed by atoms with Crippen molar-refractivity contribution in [2.24, 2.45) is 0 Å². The lowest BCUT2D eigenvalue weighted by molar-refractivity contribution is 0.171. The highest BCUT2D eigenvalue weighted by molar-refractivity contribution is 5.15. The quantitative estimate of drug-likeness (QED) is 0.667. The lowest BCUT2D eigenvalue weighted by Gasteiger charge is -2.33. The fourth-order valence-corrected chi connectivity index (χ4v) is 3.28. The Kier molecular flexibility index (Phi) is 6.32. The zero-order chi connectivity index (χ0) is 14.2. The normalized spacial score (nSPS) is 17.7. The van der Waals surface area contributed by atoms with E-state index >= 15 is 0 Å². The van der Waals surface area contributed by atoms with Gasteiger partial charge in [-0.2, -0.15) is 0 Å². The Hall–Kier alpha value is -1.08. The van der Waals surface area contributed by atoms with Gasteiger partial charge in [0.15, 0.2) is 0 Å². The van der Waals surface area contributed by atoms with Gasteiger partial charge in [-0.25, -0.2) is 0 Å². The van der Waals surface area contributed by atoms with Crippen LogP contribution in [0.5, 0.6) is 0 Å². The first-order valence-electron chi connectivity index (χ1n) is 8.18. The van der Waals surface area contributed by atoms with Crippen molar-refractivity contribution in [3.63, 3.8) is 0 Å². The fraction of sp³-hybridized carbons (Fsp3) is 0.579. The maximum Gasteiger partial charge on any atom is 0.0240 e. The van der Waals surface area contributed by atoms with Gasteiger partial charge in [-0.3, -0.25) is 4.90 Å². The summed E-state index contributed by atoms with van der Waals surface area (Å²) in [4.78, 5) is 2.66. The van der Waals surface area contributed by atoms with Crippen LogP contribution in [0.4, 0.5) is 0 Å². The van der Waals surface area contributed by atoms with E-state index in [0.717, 1.165) is 19.1 Å². The third-order valence-electron chi connectivity index (χ3n) is 4.29. The molecule has 0 aliphatic heterocycles. The van der Waals surface area contributed by atoms with E-state index in [1.54, 1.807) is 0 Å². The molecule has 1 aliphatic carbocycles. The van der Waals surface area contributed by atoms with Crippen molar-refractivity contribution in [2.75, 3.05) is 6.54 Å². The molecule has 0 saturated heterocycles. The van der Waals surface area contributed by atoms with Gasteiger partial charge in [-0.15, -0.1) is 0 Å². The minimum atomic E-state index is 0.743. The van der Waals surface area contributed by atoms with Crippen LogP contribution >= 0.6 is 0 Å². The maximum atomic E-state index is 4.13. The molecule has 0 aromatic heterocycles. The van der Waals surface area contributed by atoms with Crippen LogP contribution in [0.25, 0.3) is 0 Å². The summed E-state index contributed by atoms with van der Waals surface area (Å²) in [6.07, 6.45) is 9.79. The molecular weight excluding hydrogens is 242 g/mol. The third-order valence-corrected chi connectivity index (χ3v) is 4.29. The summed E-state index contributed by atoms with van der Waals surface area (Å²) in [5.74, 6) is 0. The third kappa shape index (κ3) is 5.13. The van der Waals surface area contributed by atoms with E-state index in [9.17, 15) is 0 Å². The van der Waals surface area contributed by atoms with Crippen molar-refractivity contribution >= 4 is 0 Å². The van der Waals surface area contributed by atoms with Crippen molar-refractivity contribution < 1.29 is 0 Å². The standard InChI is InChI=1S/C19H29N/c1-17(2)15-20(16-18-11-7-6-8-12-18)19-13-9-4-3-5-10-14-19/h6-8,11-12,19H,1,3-5,9-10,13-16H2,2H3. The molecule has 1 nitrogen and oxygen atoms in total. The summed E-state index contributed by atoms with van der Waals surface area (Å²) < 4.78 is 0. The van der Waals surface area contributed by atoms with Gasteiger partial charge in [0.2, 0.25) is 0 Å². The van der Waals surface area contributed by atoms with Crippen LogP contribution in [0.2, 0.25) is 0 Å². The predicted octanol–water partition coefficient (Wildman–Crippen LogP) is 5.18. The Labute approximate surface area is 124 Å². The number of hydrogen-bond acceptors (Lipinski definition) is 1. The first-order valence-corrected chi connectivity index (χ1v) is 8.18. The summed E-state index contributed by atoms with van der Waals surface area (Å²) >= 11 is 0. The molecule has 1 saturated carbocycles. The summed E-state index contributed by atoms with van der Waals surface area (Å²) in [6, 6.07) is 11.6. The van der Waals surface area contributed by atoms with Crippen molar-refractivity contribution in [3.05, 3.63) is 48.0 Å². The van der Waals surface area contributed by atoms with Gasteiger partial charge in [0, 0.05) is 19.1 Å². The number of nitrogens with zero attached hydrogens (tertiary/aromatic N) is 1. The zero-order valence-corrected chi connectivity index (χ0v) is 13.0. The Morgan fingerprint density at radius 3 is 2.25 bits per heavy atom. The lowest BCUT2D eigenvalue weighted by Crippen LogP contribution is -2.36. The molecule has 0 atom stereocenters. The summed E-state index contributed by atoms with van der Waals surface area (Å²) in [7, 11) is 0. The Balaban J connectivity index is 2.02. The van der Waals surface area contributed by atoms with Gasteiger partial charge in [-0.1, -0.05) is 74.6 Å². The molecule has 1 aliphatic rings. The molecule has 0 N–H and O–H groups in total. The van der Waals surface area contributed by atoms with Gasteiger partial charge in [0.25, 0.3) is 0 Å². The molecule has 0 radical (unpaired) electrons. The van der Waals surface area contributed by atoms with Crippen molar-refractivity contribution in [2.45, 2.75) is 64.5 Å². The second kappa shape index (κ2) is 8.26. The molecule has 0 heterocycles. The summed E-state index contributed by atoms with van der Waals surface area (Å²) in [6.45, 7) is 8.39. The minimum absolute atomic E-state index is 0.743. The minimum Gasteiger partial charge on any atom is -0.292 e. The molecule has 0 bridgehead atoms. The molecule has 1 heteroatoms. The van der Waals surface area contributed by atoms with E-state index in [1.165, 1.54) is 56.1 Å². The van der Waals surface area contributed by atoms with Crippen molar-refractivity contribution in [1.82, 2.24) is 4.90 Å². The Bertz CT molecular complexity index is 387. The van der Waals surface area contributed by atoms with Gasteiger partial charge in [0.05, 0.1) is 0 Å². The van der Waals surface area contributed by atoms with E-state index in [-0.39, 0.29) is 0 Å². The molecule has 110 valence electrons. The van der Waals surface area contributed by atoms with Gasteiger partial charge in [-0.05, 0) is 25.3 Å². The van der Waals surface area contributed by atoms with E-state index in [2.05, 4.69) is 48.7 Å². The lowest BCUT2D eigenvalue weighted by atomic mass is 9.95. The SMILES string of the molecule is C=C(C)CN(Cc1ccccc1)C1CCCCCCC1. The second-order valence-electron chi connectivity index (χ2n) is 6.35. The number of rotatable bonds is 5. The first-order chi connectivity index (χ1) is 9.75. The largest absolute Gasteiger partial charge is 0.292 e. The molecule has 1 aromatic carbocycles. The molecule has 0 spiro atoms. The van der Waals surface area contributed by atoms with Crippen molar-refractivity contribution in [3.8, 4) is 0 Å². The van der Waals surface area contributed by atoms with Crippen LogP contribution in [0, 0.1) is 0 Å². The van der Waals surface area contributed by atoms with Crippen molar-refractivity contribution in [1.29, 1.82) is 0 Å². The first kappa shape index (κ1) is 15.3. The molecule has 1 fully saturated rings. The van der Waals surface area contributed by atoms with Crippen LogP contribution < -0.4 is 0 Å². The van der Waals surface area contributed by atoms with E-state index in [4.69, 9.17) is 0 Å². The molecule has 0 amide bonds. The molecular formula is C19H29N. The molecule has 20 heavy (non-hydrogen) atoms. The van der Waals surface area contributed by atoms with Crippen LogP contribution in [0.3, 0.4) is 0 Å². The summed E-state index contributed by atoms with van der Waals surface area (Å²) in [5, 5.41) is 0. The fourth-order valence-electron chi connectivity index (χ4n) is 3.28. The average Bonchev–Trinajstić information content (AvgIpc) is 2.38. The Morgan fingerprint density at radius 1 is 1.05 bits per heavy atom. The average molecular weight is 271 g/mol. The van der Waals surface area contributed by atoms with E-state index in [1.807, 2.05) is 0 Å². The van der Waals surface area contributed by atoms with Crippen LogP contribution in [0.15, 0.2) is 42.5 Å². The molecule has 0 unspecified atom stereocenters. The van der Waals surface area contributed by atoms with Gasteiger partial charge < -0.3 is 0 Å². The van der Waals surface area contributed by atoms with E-state index in [0.29, 0.717) is 0 Å². The Morgan fingerprint density at radius 2 is 1.65 bits per heavy atom. The zero-order valence-electron chi connectivity index (χ0n) is 13.0. The van der Waals surface area contributed by atoms with Crippen LogP contribution in [0.1, 0.15) is 57.4 Å². The van der Waals surface area contributed by atoms with E-state index < -0.39 is 0 Å². The smallest absolute Gasteiger partial charge is 0.0240 e. The number of benzene rings is 1. The number of hydrogen-bond donors (Lipinski definition) is 0. The van der Waals surface area contributed by atoms with Gasteiger partial charge in [0.1, 0.15) is 0 Å². The highest BCUT2D eigenvalue weighted by atomic mass is 15.1. The monoisotopic (exact) mass is 271 g/mol. The topological polar surface area (TPSA) is 3.24 Å².